The molecular weight excluding hydrogens is 200 g/mol. The Hall–Kier alpha value is -1.41. The Morgan fingerprint density at radius 2 is 2.19 bits per heavy atom. The molecule has 1 aliphatic rings. The number of allylic oxidation sites excluding steroid dienone is 1. The van der Waals surface area contributed by atoms with Crippen molar-refractivity contribution in [2.24, 2.45) is 0 Å². The average molecular weight is 216 g/mol. The highest BCUT2D eigenvalue weighted by atomic mass is 16.6. The Morgan fingerprint density at radius 3 is 2.81 bits per heavy atom. The Morgan fingerprint density at radius 1 is 1.50 bits per heavy atom. The lowest BCUT2D eigenvalue weighted by atomic mass is 9.96. The minimum absolute atomic E-state index is 0.0900. The van der Waals surface area contributed by atoms with Gasteiger partial charge in [0.1, 0.15) is 11.7 Å². The maximum atomic E-state index is 12.0. The minimum Gasteiger partial charge on any atom is -0.358 e. The Balaban J connectivity index is 2.02. The topological polar surface area (TPSA) is 29.6 Å². The summed E-state index contributed by atoms with van der Waals surface area (Å²) < 4.78 is 5.53. The van der Waals surface area contributed by atoms with E-state index >= 15 is 0 Å². The van der Waals surface area contributed by atoms with E-state index in [0.29, 0.717) is 0 Å². The van der Waals surface area contributed by atoms with E-state index in [4.69, 9.17) is 4.74 Å². The molecule has 16 heavy (non-hydrogen) atoms. The fourth-order valence-electron chi connectivity index (χ4n) is 1.90. The van der Waals surface area contributed by atoms with Crippen LogP contribution in [0.3, 0.4) is 0 Å². The molecule has 2 rings (SSSR count). The molecular formula is C14H16O2. The van der Waals surface area contributed by atoms with Crippen LogP contribution in [-0.4, -0.2) is 17.5 Å². The third-order valence-electron chi connectivity index (χ3n) is 3.03. The van der Waals surface area contributed by atoms with Crippen LogP contribution < -0.4 is 0 Å². The second-order valence-corrected chi connectivity index (χ2v) is 4.37. The number of ether oxygens (including phenoxy) is 1. The summed E-state index contributed by atoms with van der Waals surface area (Å²) in [4.78, 5) is 12.0. The van der Waals surface area contributed by atoms with Crippen molar-refractivity contribution < 1.29 is 9.53 Å². The van der Waals surface area contributed by atoms with Gasteiger partial charge in [-0.05, 0) is 19.8 Å². The first-order valence-electron chi connectivity index (χ1n) is 5.55. The van der Waals surface area contributed by atoms with Crippen LogP contribution in [-0.2, 0) is 4.74 Å². The number of epoxide rings is 1. The van der Waals surface area contributed by atoms with Gasteiger partial charge in [0.2, 0.25) is 0 Å². The van der Waals surface area contributed by atoms with E-state index in [1.54, 1.807) is 0 Å². The summed E-state index contributed by atoms with van der Waals surface area (Å²) in [6, 6.07) is 9.31. The molecule has 2 unspecified atom stereocenters. The lowest BCUT2D eigenvalue weighted by Crippen LogP contribution is -2.17. The first-order valence-corrected chi connectivity index (χ1v) is 5.55. The normalized spacial score (nSPS) is 27.4. The van der Waals surface area contributed by atoms with Crippen LogP contribution in [0.15, 0.2) is 43.0 Å². The highest BCUT2D eigenvalue weighted by molar-refractivity contribution is 6.01. The van der Waals surface area contributed by atoms with Gasteiger partial charge in [-0.1, -0.05) is 36.4 Å². The van der Waals surface area contributed by atoms with Crippen molar-refractivity contribution >= 4 is 5.78 Å². The predicted octanol–water partition coefficient (Wildman–Crippen LogP) is 2.99. The molecule has 1 aliphatic heterocycles. The number of carbonyl (C=O) groups excluding carboxylic acids is 1. The van der Waals surface area contributed by atoms with Gasteiger partial charge in [-0.2, -0.15) is 0 Å². The van der Waals surface area contributed by atoms with Crippen molar-refractivity contribution in [3.05, 3.63) is 48.6 Å². The zero-order valence-electron chi connectivity index (χ0n) is 9.48. The van der Waals surface area contributed by atoms with E-state index in [1.165, 1.54) is 0 Å². The molecule has 2 atom stereocenters. The summed E-state index contributed by atoms with van der Waals surface area (Å²) in [5.74, 6) is 0.0900. The molecule has 0 aromatic heterocycles. The van der Waals surface area contributed by atoms with Crippen LogP contribution in [0.1, 0.15) is 30.1 Å². The third kappa shape index (κ3) is 2.07. The van der Waals surface area contributed by atoms with Gasteiger partial charge in [-0.15, -0.1) is 6.58 Å². The number of Topliss-reactive ketones (excluding diaryl/α,β-unsaturated/α-hetero) is 1. The molecule has 1 heterocycles. The van der Waals surface area contributed by atoms with Crippen LogP contribution in [0.2, 0.25) is 0 Å². The molecule has 2 nitrogen and oxygen atoms in total. The monoisotopic (exact) mass is 216 g/mol. The summed E-state index contributed by atoms with van der Waals surface area (Å²) in [5.41, 5.74) is 0.455. The lowest BCUT2D eigenvalue weighted by Gasteiger charge is -2.03. The number of carbonyl (C=O) groups is 1. The van der Waals surface area contributed by atoms with Crippen LogP contribution >= 0.6 is 0 Å². The SMILES string of the molecule is C=CCCC1(C)OC1C(=O)c1ccccc1. The fraction of sp³-hybridized carbons (Fsp3) is 0.357. The van der Waals surface area contributed by atoms with Crippen LogP contribution in [0.25, 0.3) is 0 Å². The number of rotatable bonds is 5. The van der Waals surface area contributed by atoms with Gasteiger partial charge in [0, 0.05) is 5.56 Å². The molecule has 0 spiro atoms. The summed E-state index contributed by atoms with van der Waals surface area (Å²) in [7, 11) is 0. The molecule has 0 N–H and O–H groups in total. The third-order valence-corrected chi connectivity index (χ3v) is 3.03. The lowest BCUT2D eigenvalue weighted by molar-refractivity contribution is 0.0953. The number of hydrogen-bond acceptors (Lipinski definition) is 2. The Bertz CT molecular complexity index is 396. The molecule has 0 saturated carbocycles. The van der Waals surface area contributed by atoms with Crippen LogP contribution in [0, 0.1) is 0 Å². The first kappa shape index (κ1) is 11.1. The van der Waals surface area contributed by atoms with Crippen molar-refractivity contribution in [1.82, 2.24) is 0 Å². The standard InChI is InChI=1S/C14H16O2/c1-3-4-10-14(2)13(16-14)12(15)11-8-6-5-7-9-11/h3,5-9,13H,1,4,10H2,2H3. The van der Waals surface area contributed by atoms with E-state index in [-0.39, 0.29) is 17.5 Å². The van der Waals surface area contributed by atoms with E-state index in [9.17, 15) is 4.79 Å². The molecule has 1 saturated heterocycles. The van der Waals surface area contributed by atoms with Crippen molar-refractivity contribution in [2.45, 2.75) is 31.5 Å². The van der Waals surface area contributed by atoms with E-state index in [0.717, 1.165) is 18.4 Å². The fourth-order valence-corrected chi connectivity index (χ4v) is 1.90. The molecule has 0 aliphatic carbocycles. The number of benzene rings is 1. The van der Waals surface area contributed by atoms with Gasteiger partial charge in [-0.25, -0.2) is 0 Å². The average Bonchev–Trinajstić information content (AvgIpc) is 3.00. The molecule has 0 radical (unpaired) electrons. The Kier molecular flexibility index (Phi) is 2.92. The molecule has 1 aromatic rings. The molecule has 0 amide bonds. The highest BCUT2D eigenvalue weighted by Gasteiger charge is 2.55. The van der Waals surface area contributed by atoms with Crippen molar-refractivity contribution in [3.63, 3.8) is 0 Å². The second-order valence-electron chi connectivity index (χ2n) is 4.37. The van der Waals surface area contributed by atoms with E-state index in [2.05, 4.69) is 6.58 Å². The van der Waals surface area contributed by atoms with E-state index < -0.39 is 0 Å². The summed E-state index contributed by atoms with van der Waals surface area (Å²) in [6.45, 7) is 5.67. The summed E-state index contributed by atoms with van der Waals surface area (Å²) in [6.07, 6.45) is 3.33. The summed E-state index contributed by atoms with van der Waals surface area (Å²) >= 11 is 0. The van der Waals surface area contributed by atoms with Crippen molar-refractivity contribution in [1.29, 1.82) is 0 Å². The van der Waals surface area contributed by atoms with Gasteiger partial charge < -0.3 is 4.74 Å². The molecule has 1 aromatic carbocycles. The van der Waals surface area contributed by atoms with Crippen molar-refractivity contribution in [3.8, 4) is 0 Å². The van der Waals surface area contributed by atoms with Crippen LogP contribution in [0.4, 0.5) is 0 Å². The van der Waals surface area contributed by atoms with Gasteiger partial charge in [0.25, 0.3) is 0 Å². The van der Waals surface area contributed by atoms with Crippen molar-refractivity contribution in [2.75, 3.05) is 0 Å². The quantitative estimate of drug-likeness (QED) is 0.430. The van der Waals surface area contributed by atoms with Crippen LogP contribution in [0.5, 0.6) is 0 Å². The highest BCUT2D eigenvalue weighted by Crippen LogP contribution is 2.42. The maximum Gasteiger partial charge on any atom is 0.194 e. The van der Waals surface area contributed by atoms with Gasteiger partial charge >= 0.3 is 0 Å². The van der Waals surface area contributed by atoms with Gasteiger partial charge in [-0.3, -0.25) is 4.79 Å². The maximum absolute atomic E-state index is 12.0. The zero-order chi connectivity index (χ0) is 11.6. The molecule has 0 bridgehead atoms. The minimum atomic E-state index is -0.277. The predicted molar refractivity (Wildman–Crippen MR) is 63.5 cm³/mol. The second kappa shape index (κ2) is 4.22. The summed E-state index contributed by atoms with van der Waals surface area (Å²) in [5, 5.41) is 0. The van der Waals surface area contributed by atoms with Gasteiger partial charge in [0.05, 0.1) is 0 Å². The number of ketones is 1. The smallest absolute Gasteiger partial charge is 0.194 e. The van der Waals surface area contributed by atoms with Gasteiger partial charge in [0.15, 0.2) is 5.78 Å². The molecule has 1 fully saturated rings. The van der Waals surface area contributed by atoms with E-state index in [1.807, 2.05) is 43.3 Å². The molecule has 84 valence electrons. The largest absolute Gasteiger partial charge is 0.358 e. The Labute approximate surface area is 95.9 Å². The first-order chi connectivity index (χ1) is 7.67. The zero-order valence-corrected chi connectivity index (χ0v) is 9.48. The number of hydrogen-bond donors (Lipinski definition) is 0. The molecule has 2 heteroatoms.